The average Bonchev–Trinajstić information content (AvgIpc) is 2.26. The number of nitrogens with zero attached hydrogens (tertiary/aromatic N) is 4. The molecule has 0 aliphatic carbocycles. The van der Waals surface area contributed by atoms with Crippen molar-refractivity contribution in [3.63, 3.8) is 0 Å². The molecule has 0 amide bonds. The largest absolute Gasteiger partial charge is 0.320 e. The molecule has 0 saturated carbocycles. The summed E-state index contributed by atoms with van der Waals surface area (Å²) < 4.78 is -0.155. The van der Waals surface area contributed by atoms with Gasteiger partial charge >= 0.3 is 11.5 Å². The molecule has 1 aliphatic rings. The van der Waals surface area contributed by atoms with Crippen LogP contribution in [0.1, 0.15) is 13.8 Å². The lowest BCUT2D eigenvalue weighted by molar-refractivity contribution is -0.786. The van der Waals surface area contributed by atoms with E-state index in [9.17, 15) is 5.26 Å². The Morgan fingerprint density at radius 2 is 2.38 bits per heavy atom. The first-order chi connectivity index (χ1) is 7.58. The summed E-state index contributed by atoms with van der Waals surface area (Å²) in [6.45, 7) is 5.20. The molecule has 0 radical (unpaired) electrons. The van der Waals surface area contributed by atoms with E-state index in [1.54, 1.807) is 7.05 Å². The fourth-order valence-electron chi connectivity index (χ4n) is 1.34. The van der Waals surface area contributed by atoms with Crippen molar-refractivity contribution in [2.75, 3.05) is 20.1 Å². The Morgan fingerprint density at radius 1 is 1.69 bits per heavy atom. The predicted octanol–water partition coefficient (Wildman–Crippen LogP) is 0.381. The Balaban J connectivity index is 3.06. The van der Waals surface area contributed by atoms with Gasteiger partial charge in [0.05, 0.1) is 7.05 Å². The molecule has 0 bridgehead atoms. The highest BCUT2D eigenvalue weighted by Crippen LogP contribution is 2.14. The quantitative estimate of drug-likeness (QED) is 0.428. The Labute approximate surface area is 100 Å². The van der Waals surface area contributed by atoms with Crippen molar-refractivity contribution >= 4 is 22.9 Å². The van der Waals surface area contributed by atoms with Gasteiger partial charge < -0.3 is 0 Å². The van der Waals surface area contributed by atoms with E-state index in [0.717, 1.165) is 6.54 Å². The van der Waals surface area contributed by atoms with Crippen LogP contribution in [-0.2, 0) is 0 Å². The van der Waals surface area contributed by atoms with Crippen molar-refractivity contribution in [3.8, 4) is 6.19 Å². The molecule has 0 fully saturated rings. The lowest BCUT2D eigenvalue weighted by Gasteiger charge is -2.34. The number of aliphatic imine (C=N–C) groups is 2. The van der Waals surface area contributed by atoms with Crippen LogP contribution in [-0.4, -0.2) is 42.2 Å². The first kappa shape index (κ1) is 12.9. The van der Waals surface area contributed by atoms with E-state index >= 15 is 0 Å². The van der Waals surface area contributed by atoms with Crippen molar-refractivity contribution in [2.24, 2.45) is 9.98 Å². The molecule has 0 saturated heterocycles. The third kappa shape index (κ3) is 2.32. The van der Waals surface area contributed by atoms with Gasteiger partial charge in [-0.2, -0.15) is 0 Å². The summed E-state index contributed by atoms with van der Waals surface area (Å²) in [6, 6.07) is 0. The zero-order valence-corrected chi connectivity index (χ0v) is 10.4. The van der Waals surface area contributed by atoms with Gasteiger partial charge in [0, 0.05) is 18.1 Å². The first-order valence-corrected chi connectivity index (χ1v) is 5.53. The normalized spacial score (nSPS) is 31.8. The van der Waals surface area contributed by atoms with E-state index in [4.69, 9.17) is 11.6 Å². The van der Waals surface area contributed by atoms with Gasteiger partial charge in [0.25, 0.3) is 0 Å². The number of rotatable bonds is 3. The van der Waals surface area contributed by atoms with Crippen molar-refractivity contribution in [2.45, 2.75) is 20.1 Å². The molecule has 2 unspecified atom stereocenters. The second-order valence-electron chi connectivity index (χ2n) is 3.46. The number of halogens is 1. The minimum absolute atomic E-state index is 0.155. The fraction of sp³-hybridized carbons (Fsp3) is 0.667. The van der Waals surface area contributed by atoms with Gasteiger partial charge in [-0.15, -0.1) is 14.7 Å². The van der Waals surface area contributed by atoms with Crippen LogP contribution < -0.4 is 10.6 Å². The number of quaternary nitrogens is 1. The minimum atomic E-state index is -0.328. The van der Waals surface area contributed by atoms with Crippen molar-refractivity contribution < 1.29 is 4.48 Å². The van der Waals surface area contributed by atoms with E-state index in [-0.39, 0.29) is 16.1 Å². The van der Waals surface area contributed by atoms with Gasteiger partial charge in [0.15, 0.2) is 0 Å². The third-order valence-electron chi connectivity index (χ3n) is 2.28. The Bertz CT molecular complexity index is 358. The van der Waals surface area contributed by atoms with Crippen LogP contribution in [0.2, 0.25) is 0 Å². The van der Waals surface area contributed by atoms with Gasteiger partial charge in [0.1, 0.15) is 0 Å². The summed E-state index contributed by atoms with van der Waals surface area (Å²) in [5.41, 5.74) is 0. The fourth-order valence-corrected chi connectivity index (χ4v) is 1.55. The predicted molar refractivity (Wildman–Crippen MR) is 63.7 cm³/mol. The number of hydrogen-bond donors (Lipinski definition) is 2. The van der Waals surface area contributed by atoms with Gasteiger partial charge in [-0.1, -0.05) is 6.92 Å². The smallest absolute Gasteiger partial charge is 0.290 e. The summed E-state index contributed by atoms with van der Waals surface area (Å²) >= 11 is 6.02. The molecule has 2 N–H and O–H groups in total. The molecule has 6 nitrogen and oxygen atoms in total. The third-order valence-corrected chi connectivity index (χ3v) is 2.71. The Hall–Kier alpha value is -1.16. The average molecular weight is 244 g/mol. The van der Waals surface area contributed by atoms with E-state index in [1.165, 1.54) is 0 Å². The highest BCUT2D eigenvalue weighted by atomic mass is 35.5. The molecular weight excluding hydrogens is 228 g/mol. The molecule has 0 aromatic carbocycles. The molecule has 2 atom stereocenters. The molecule has 88 valence electrons. The van der Waals surface area contributed by atoms with Gasteiger partial charge in [0.2, 0.25) is 12.2 Å². The molecule has 0 spiro atoms. The van der Waals surface area contributed by atoms with Crippen LogP contribution in [0.3, 0.4) is 0 Å². The number of nitrogens with one attached hydrogen (secondary N) is 2. The van der Waals surface area contributed by atoms with E-state index < -0.39 is 0 Å². The van der Waals surface area contributed by atoms with Crippen molar-refractivity contribution in [1.82, 2.24) is 10.6 Å². The van der Waals surface area contributed by atoms with Crippen LogP contribution >= 0.6 is 11.6 Å². The summed E-state index contributed by atoms with van der Waals surface area (Å²) in [5, 5.41) is 15.6. The molecule has 0 aromatic heterocycles. The standard InChI is InChI=1S/C9H16ClN6/c1-4-12-8-14-7(10)16(3,6-11)9(15-8)13-5-2/h9,13H,4-5H2,1-3H3,(H,12,15)/q+1. The van der Waals surface area contributed by atoms with Crippen LogP contribution in [0.5, 0.6) is 0 Å². The van der Waals surface area contributed by atoms with Crippen LogP contribution in [0.15, 0.2) is 9.98 Å². The lowest BCUT2D eigenvalue weighted by Crippen LogP contribution is -2.67. The maximum Gasteiger partial charge on any atom is 0.320 e. The summed E-state index contributed by atoms with van der Waals surface area (Å²) in [6.07, 6.45) is 1.79. The molecule has 0 aromatic rings. The van der Waals surface area contributed by atoms with E-state index in [2.05, 4.69) is 26.8 Å². The molecule has 7 heteroatoms. The maximum atomic E-state index is 9.17. The van der Waals surface area contributed by atoms with Gasteiger partial charge in [-0.05, 0) is 13.5 Å². The summed E-state index contributed by atoms with van der Waals surface area (Å²) in [4.78, 5) is 8.20. The van der Waals surface area contributed by atoms with Gasteiger partial charge in [-0.3, -0.25) is 10.3 Å². The van der Waals surface area contributed by atoms with Crippen molar-refractivity contribution in [1.29, 1.82) is 5.26 Å². The zero-order chi connectivity index (χ0) is 12.2. The molecule has 1 heterocycles. The Kier molecular flexibility index (Phi) is 4.24. The van der Waals surface area contributed by atoms with Crippen LogP contribution in [0.4, 0.5) is 0 Å². The first-order valence-electron chi connectivity index (χ1n) is 5.15. The zero-order valence-electron chi connectivity index (χ0n) is 9.66. The number of amidine groups is 1. The van der Waals surface area contributed by atoms with E-state index in [1.807, 2.05) is 13.8 Å². The topological polar surface area (TPSA) is 72.6 Å². The molecule has 1 aliphatic heterocycles. The second kappa shape index (κ2) is 5.25. The summed E-state index contributed by atoms with van der Waals surface area (Å²) in [5.74, 6) is 0.462. The number of nitriles is 1. The number of guanidine groups is 1. The second-order valence-corrected chi connectivity index (χ2v) is 3.80. The van der Waals surface area contributed by atoms with Crippen LogP contribution in [0, 0.1) is 11.5 Å². The maximum absolute atomic E-state index is 9.17. The highest BCUT2D eigenvalue weighted by Gasteiger charge is 2.43. The molecule has 1 rings (SSSR count). The lowest BCUT2D eigenvalue weighted by atomic mass is 10.5. The SMILES string of the molecule is CCN=C1N=C(Cl)[N+](C)(C#N)C(NCC)N1. The highest BCUT2D eigenvalue weighted by molar-refractivity contribution is 6.63. The number of hydrogen-bond acceptors (Lipinski definition) is 3. The van der Waals surface area contributed by atoms with Crippen LogP contribution in [0.25, 0.3) is 0 Å². The van der Waals surface area contributed by atoms with Crippen molar-refractivity contribution in [3.05, 3.63) is 0 Å². The minimum Gasteiger partial charge on any atom is -0.290 e. The molecule has 16 heavy (non-hydrogen) atoms. The Morgan fingerprint density at radius 3 is 2.88 bits per heavy atom. The van der Waals surface area contributed by atoms with Gasteiger partial charge in [-0.25, -0.2) is 5.32 Å². The monoisotopic (exact) mass is 243 g/mol. The molecular formula is C9H16ClN6+. The van der Waals surface area contributed by atoms with E-state index in [0.29, 0.717) is 12.5 Å². The summed E-state index contributed by atoms with van der Waals surface area (Å²) in [7, 11) is 1.69.